The number of anilines is 1. The van der Waals surface area contributed by atoms with Gasteiger partial charge in [0, 0.05) is 42.0 Å². The highest BCUT2D eigenvalue weighted by Gasteiger charge is 2.57. The first-order valence-corrected chi connectivity index (χ1v) is 20.0. The Morgan fingerprint density at radius 3 is 2.39 bits per heavy atom. The summed E-state index contributed by atoms with van der Waals surface area (Å²) in [5.74, 6) is 5.93. The fourth-order valence-corrected chi connectivity index (χ4v) is 10.8. The number of hydrogen-bond acceptors (Lipinski definition) is 5. The van der Waals surface area contributed by atoms with Crippen molar-refractivity contribution in [2.24, 2.45) is 34.5 Å². The average Bonchev–Trinajstić information content (AvgIpc) is 3.47. The highest BCUT2D eigenvalue weighted by Crippen LogP contribution is 2.67. The van der Waals surface area contributed by atoms with Gasteiger partial charge < -0.3 is 20.1 Å². The van der Waals surface area contributed by atoms with Crippen LogP contribution in [0.2, 0.25) is 0 Å². The minimum Gasteiger partial charge on any atom is -0.368 e. The summed E-state index contributed by atoms with van der Waals surface area (Å²) in [7, 11) is 0. The lowest BCUT2D eigenvalue weighted by Gasteiger charge is -2.55. The summed E-state index contributed by atoms with van der Waals surface area (Å²) in [5, 5.41) is 7.11. The lowest BCUT2D eigenvalue weighted by atomic mass is 9.50. The van der Waals surface area contributed by atoms with E-state index in [0.29, 0.717) is 22.8 Å². The molecule has 5 nitrogen and oxygen atoms in total. The highest BCUT2D eigenvalue weighted by molar-refractivity contribution is 6.08. The van der Waals surface area contributed by atoms with Crippen LogP contribution in [0.5, 0.6) is 0 Å². The van der Waals surface area contributed by atoms with E-state index in [4.69, 9.17) is 15.9 Å². The van der Waals surface area contributed by atoms with Crippen LogP contribution in [0.25, 0.3) is 0 Å². The Labute approximate surface area is 307 Å². The van der Waals surface area contributed by atoms with E-state index in [0.717, 1.165) is 74.7 Å². The first-order chi connectivity index (χ1) is 24.6. The van der Waals surface area contributed by atoms with Gasteiger partial charge in [0.1, 0.15) is 0 Å². The molecule has 5 aliphatic rings. The van der Waals surface area contributed by atoms with Crippen molar-refractivity contribution >= 4 is 11.5 Å². The monoisotopic (exact) mass is 688 g/mol. The minimum absolute atomic E-state index is 0.0990. The third-order valence-electron chi connectivity index (χ3n) is 13.5. The molecule has 2 aromatic carbocycles. The Hall–Kier alpha value is -3.33. The van der Waals surface area contributed by atoms with Crippen LogP contribution in [0.3, 0.4) is 0 Å². The quantitative estimate of drug-likeness (QED) is 0.113. The number of terminal acetylenes is 1. The molecule has 1 saturated heterocycles. The molecule has 0 amide bonds. The molecule has 51 heavy (non-hydrogen) atoms. The average molecular weight is 689 g/mol. The molecule has 6 atom stereocenters. The number of benzene rings is 2. The molecule has 1 spiro atoms. The summed E-state index contributed by atoms with van der Waals surface area (Å²) in [6.45, 7) is 14.0. The summed E-state index contributed by atoms with van der Waals surface area (Å²) in [5.41, 5.74) is 8.34. The molecule has 1 aliphatic heterocycles. The van der Waals surface area contributed by atoms with Crippen LogP contribution in [0, 0.1) is 46.8 Å². The zero-order valence-corrected chi connectivity index (χ0v) is 31.8. The number of Topliss-reactive ketones (excluding diaryl/α,β-unsaturated/α-hetero) is 1. The summed E-state index contributed by atoms with van der Waals surface area (Å²) >= 11 is 0. The summed E-state index contributed by atoms with van der Waals surface area (Å²) < 4.78 is 13.2. The molecule has 0 aromatic heterocycles. The maximum Gasteiger partial charge on any atom is 0.235 e. The zero-order chi connectivity index (χ0) is 35.8. The van der Waals surface area contributed by atoms with Gasteiger partial charge in [-0.1, -0.05) is 82.9 Å². The SMILES string of the molecule is C#CC(=O)c1ccc(N/C(=C\CC)NCc2ccc(C3CC4(C)C(CCC)CCC4C4CCC5CC6(CCC5=C34)OCC(C)(C)CO6)cc2)cc1. The second-order valence-electron chi connectivity index (χ2n) is 17.4. The molecule has 2 aromatic rings. The van der Waals surface area contributed by atoms with Gasteiger partial charge in [-0.3, -0.25) is 4.79 Å². The van der Waals surface area contributed by atoms with Gasteiger partial charge in [0.25, 0.3) is 0 Å². The third-order valence-corrected chi connectivity index (χ3v) is 13.5. The molecule has 272 valence electrons. The van der Waals surface area contributed by atoms with Gasteiger partial charge >= 0.3 is 0 Å². The van der Waals surface area contributed by atoms with Crippen LogP contribution < -0.4 is 10.6 Å². The van der Waals surface area contributed by atoms with E-state index in [9.17, 15) is 4.79 Å². The molecular weight excluding hydrogens is 629 g/mol. The molecular formula is C46H60N2O3. The van der Waals surface area contributed by atoms with Crippen LogP contribution in [0.1, 0.15) is 133 Å². The van der Waals surface area contributed by atoms with Gasteiger partial charge in [0.05, 0.1) is 19.0 Å². The first kappa shape index (κ1) is 36.0. The normalized spacial score (nSPS) is 30.9. The standard InChI is InChI=1S/C46H60N2O3/c1-7-10-35-19-23-40-38-22-18-34-26-46(50-29-44(4,5)30-51-46)25-24-37(34)43(38)39(27-45(35,40)6)32-14-12-31(13-15-32)28-47-42(11-8-2)48-36-20-16-33(17-21-36)41(49)9-3/h3,11-17,20-21,34-35,38-40,47-48H,7-8,10,18-19,22-30H2,1-2,4-6H3/b42-11-. The lowest BCUT2D eigenvalue weighted by Crippen LogP contribution is -2.51. The fraction of sp³-hybridized carbons (Fsp3) is 0.587. The number of rotatable bonds is 10. The smallest absolute Gasteiger partial charge is 0.235 e. The Kier molecular flexibility index (Phi) is 10.3. The first-order valence-electron chi connectivity index (χ1n) is 20.0. The number of fused-ring (bicyclic) bond motifs is 4. The Morgan fingerprint density at radius 2 is 1.71 bits per heavy atom. The molecule has 0 bridgehead atoms. The molecule has 1 heterocycles. The number of ether oxygens (including phenoxy) is 2. The Morgan fingerprint density at radius 1 is 0.961 bits per heavy atom. The van der Waals surface area contributed by atoms with E-state index in [1.54, 1.807) is 17.7 Å². The van der Waals surface area contributed by atoms with Gasteiger partial charge in [0.15, 0.2) is 5.79 Å². The second-order valence-corrected chi connectivity index (χ2v) is 17.4. The van der Waals surface area contributed by atoms with Crippen LogP contribution >= 0.6 is 0 Å². The Bertz CT molecular complexity index is 1670. The van der Waals surface area contributed by atoms with Gasteiger partial charge in [0.2, 0.25) is 5.78 Å². The van der Waals surface area contributed by atoms with E-state index in [1.807, 2.05) is 17.7 Å². The molecule has 5 heteroatoms. The molecule has 7 rings (SSSR count). The van der Waals surface area contributed by atoms with Crippen molar-refractivity contribution in [3.63, 3.8) is 0 Å². The summed E-state index contributed by atoms with van der Waals surface area (Å²) in [6.07, 6.45) is 20.9. The van der Waals surface area contributed by atoms with Crippen LogP contribution in [0.15, 0.2) is 71.6 Å². The molecule has 0 radical (unpaired) electrons. The molecule has 3 saturated carbocycles. The number of hydrogen-bond donors (Lipinski definition) is 2. The lowest BCUT2D eigenvalue weighted by molar-refractivity contribution is -0.312. The number of carbonyl (C=O) groups excluding carboxylic acids is 1. The van der Waals surface area contributed by atoms with Gasteiger partial charge in [-0.2, -0.15) is 0 Å². The van der Waals surface area contributed by atoms with Crippen molar-refractivity contribution < 1.29 is 14.3 Å². The van der Waals surface area contributed by atoms with E-state index < -0.39 is 0 Å². The van der Waals surface area contributed by atoms with Crippen molar-refractivity contribution in [2.45, 2.75) is 123 Å². The number of ketones is 1. The predicted molar refractivity (Wildman–Crippen MR) is 207 cm³/mol. The molecule has 4 fully saturated rings. The van der Waals surface area contributed by atoms with Crippen molar-refractivity contribution in [3.8, 4) is 12.3 Å². The van der Waals surface area contributed by atoms with Crippen LogP contribution in [-0.2, 0) is 16.0 Å². The van der Waals surface area contributed by atoms with Crippen molar-refractivity contribution in [1.82, 2.24) is 5.32 Å². The minimum atomic E-state index is -0.381. The molecule has 4 aliphatic carbocycles. The number of carbonyl (C=O) groups is 1. The second kappa shape index (κ2) is 14.6. The topological polar surface area (TPSA) is 59.6 Å². The fourth-order valence-electron chi connectivity index (χ4n) is 10.8. The van der Waals surface area contributed by atoms with Crippen molar-refractivity contribution in [3.05, 3.63) is 88.3 Å². The van der Waals surface area contributed by atoms with Crippen molar-refractivity contribution in [2.75, 3.05) is 18.5 Å². The van der Waals surface area contributed by atoms with E-state index in [1.165, 1.54) is 56.1 Å². The maximum atomic E-state index is 11.9. The molecule has 6 unspecified atom stereocenters. The number of allylic oxidation sites excluding steroid dienone is 3. The maximum absolute atomic E-state index is 11.9. The van der Waals surface area contributed by atoms with Crippen LogP contribution in [0.4, 0.5) is 5.69 Å². The van der Waals surface area contributed by atoms with Gasteiger partial charge in [-0.25, -0.2) is 0 Å². The predicted octanol–water partition coefficient (Wildman–Crippen LogP) is 10.6. The largest absolute Gasteiger partial charge is 0.368 e. The van der Waals surface area contributed by atoms with Gasteiger partial charge in [-0.15, -0.1) is 6.42 Å². The van der Waals surface area contributed by atoms with Crippen molar-refractivity contribution in [1.29, 1.82) is 0 Å². The zero-order valence-electron chi connectivity index (χ0n) is 31.8. The molecule has 2 N–H and O–H groups in total. The van der Waals surface area contributed by atoms with E-state index in [2.05, 4.69) is 81.5 Å². The van der Waals surface area contributed by atoms with Crippen LogP contribution in [-0.4, -0.2) is 24.8 Å². The summed E-state index contributed by atoms with van der Waals surface area (Å²) in [4.78, 5) is 11.9. The van der Waals surface area contributed by atoms with Gasteiger partial charge in [-0.05, 0) is 121 Å². The highest BCUT2D eigenvalue weighted by atomic mass is 16.7. The Balaban J connectivity index is 1.11. The van der Waals surface area contributed by atoms with E-state index >= 15 is 0 Å². The number of nitrogens with one attached hydrogen (secondary N) is 2. The third kappa shape index (κ3) is 7.21. The van der Waals surface area contributed by atoms with E-state index in [-0.39, 0.29) is 17.0 Å². The summed E-state index contributed by atoms with van der Waals surface area (Å²) in [6, 6.07) is 16.9.